The molecular weight excluding hydrogens is 398 g/mol. The Labute approximate surface area is 177 Å². The third-order valence-corrected chi connectivity index (χ3v) is 6.73. The largest absolute Gasteiger partial charge is 0.322 e. The molecule has 6 nitrogen and oxygen atoms in total. The van der Waals surface area contributed by atoms with E-state index in [0.717, 1.165) is 28.6 Å². The van der Waals surface area contributed by atoms with E-state index in [4.69, 9.17) is 0 Å². The maximum atomic E-state index is 12.6. The lowest BCUT2D eigenvalue weighted by atomic mass is 10.1. The fourth-order valence-corrected chi connectivity index (χ4v) is 4.54. The number of carbonyl (C=O) groups excluding carboxylic acids is 1. The van der Waals surface area contributed by atoms with E-state index in [-0.39, 0.29) is 5.91 Å². The molecular formula is C23H25N3O3S. The van der Waals surface area contributed by atoms with Crippen LogP contribution in [0.15, 0.2) is 66.7 Å². The molecule has 1 amide bonds. The van der Waals surface area contributed by atoms with Crippen molar-refractivity contribution in [2.75, 3.05) is 37.8 Å². The van der Waals surface area contributed by atoms with Crippen molar-refractivity contribution < 1.29 is 13.2 Å². The number of rotatable bonds is 5. The highest BCUT2D eigenvalue weighted by Gasteiger charge is 2.23. The van der Waals surface area contributed by atoms with Crippen molar-refractivity contribution >= 4 is 32.4 Å². The number of piperazine rings is 1. The molecule has 0 saturated carbocycles. The lowest BCUT2D eigenvalue weighted by molar-refractivity contribution is 0.102. The molecule has 1 N–H and O–H groups in total. The Hall–Kier alpha value is -2.74. The van der Waals surface area contributed by atoms with Gasteiger partial charge in [-0.2, -0.15) is 4.31 Å². The predicted molar refractivity (Wildman–Crippen MR) is 120 cm³/mol. The highest BCUT2D eigenvalue weighted by Crippen LogP contribution is 2.20. The first-order valence-corrected chi connectivity index (χ1v) is 11.8. The van der Waals surface area contributed by atoms with Gasteiger partial charge in [-0.1, -0.05) is 42.5 Å². The number of hydrogen-bond acceptors (Lipinski definition) is 4. The second-order valence-electron chi connectivity index (χ2n) is 7.65. The zero-order chi connectivity index (χ0) is 21.1. The number of hydrogen-bond donors (Lipinski definition) is 1. The molecule has 0 aliphatic carbocycles. The van der Waals surface area contributed by atoms with Gasteiger partial charge < -0.3 is 5.32 Å². The lowest BCUT2D eigenvalue weighted by Crippen LogP contribution is -2.47. The molecule has 156 valence electrons. The highest BCUT2D eigenvalue weighted by molar-refractivity contribution is 7.88. The van der Waals surface area contributed by atoms with Gasteiger partial charge in [-0.25, -0.2) is 8.42 Å². The fourth-order valence-electron chi connectivity index (χ4n) is 3.71. The van der Waals surface area contributed by atoms with Gasteiger partial charge in [0, 0.05) is 44.0 Å². The topological polar surface area (TPSA) is 69.7 Å². The second kappa shape index (κ2) is 8.55. The van der Waals surface area contributed by atoms with Gasteiger partial charge in [-0.05, 0) is 40.6 Å². The van der Waals surface area contributed by atoms with E-state index in [1.54, 1.807) is 0 Å². The number of benzene rings is 3. The molecule has 1 fully saturated rings. The molecule has 0 radical (unpaired) electrons. The van der Waals surface area contributed by atoms with E-state index < -0.39 is 10.0 Å². The normalized spacial score (nSPS) is 15.9. The molecule has 3 aromatic carbocycles. The first-order valence-electron chi connectivity index (χ1n) is 9.95. The van der Waals surface area contributed by atoms with Gasteiger partial charge in [-0.15, -0.1) is 0 Å². The van der Waals surface area contributed by atoms with Gasteiger partial charge in [0.05, 0.1) is 6.26 Å². The summed E-state index contributed by atoms with van der Waals surface area (Å²) in [5.74, 6) is -0.140. The molecule has 30 heavy (non-hydrogen) atoms. The monoisotopic (exact) mass is 423 g/mol. The van der Waals surface area contributed by atoms with Crippen LogP contribution in [0.4, 0.5) is 5.69 Å². The van der Waals surface area contributed by atoms with Crippen molar-refractivity contribution in [3.63, 3.8) is 0 Å². The first-order chi connectivity index (χ1) is 14.4. The third-order valence-electron chi connectivity index (χ3n) is 5.43. The van der Waals surface area contributed by atoms with E-state index in [1.165, 1.54) is 10.6 Å². The van der Waals surface area contributed by atoms with Crippen molar-refractivity contribution in [3.8, 4) is 0 Å². The van der Waals surface area contributed by atoms with E-state index in [2.05, 4.69) is 10.2 Å². The number of carbonyl (C=O) groups is 1. The molecule has 0 unspecified atom stereocenters. The van der Waals surface area contributed by atoms with Gasteiger partial charge in [0.1, 0.15) is 0 Å². The number of nitrogens with one attached hydrogen (secondary N) is 1. The van der Waals surface area contributed by atoms with Crippen LogP contribution in [0.2, 0.25) is 0 Å². The summed E-state index contributed by atoms with van der Waals surface area (Å²) in [4.78, 5) is 14.8. The summed E-state index contributed by atoms with van der Waals surface area (Å²) in [5.41, 5.74) is 2.48. The summed E-state index contributed by atoms with van der Waals surface area (Å²) in [6.07, 6.45) is 1.25. The number of nitrogens with zero attached hydrogens (tertiary/aromatic N) is 2. The Kier molecular flexibility index (Phi) is 5.85. The third kappa shape index (κ3) is 4.87. The van der Waals surface area contributed by atoms with Gasteiger partial charge in [0.15, 0.2) is 0 Å². The van der Waals surface area contributed by atoms with Crippen molar-refractivity contribution in [1.82, 2.24) is 9.21 Å². The second-order valence-corrected chi connectivity index (χ2v) is 9.63. The lowest BCUT2D eigenvalue weighted by Gasteiger charge is -2.33. The zero-order valence-electron chi connectivity index (χ0n) is 16.9. The van der Waals surface area contributed by atoms with Crippen LogP contribution in [0, 0.1) is 0 Å². The number of amides is 1. The maximum absolute atomic E-state index is 12.6. The van der Waals surface area contributed by atoms with Gasteiger partial charge in [0.2, 0.25) is 10.0 Å². The minimum atomic E-state index is -3.11. The Balaban J connectivity index is 1.35. The fraction of sp³-hybridized carbons (Fsp3) is 0.261. The highest BCUT2D eigenvalue weighted by atomic mass is 32.2. The van der Waals surface area contributed by atoms with Crippen LogP contribution in [0.5, 0.6) is 0 Å². The summed E-state index contributed by atoms with van der Waals surface area (Å²) < 4.78 is 24.8. The molecule has 0 spiro atoms. The minimum Gasteiger partial charge on any atom is -0.322 e. The average molecular weight is 424 g/mol. The van der Waals surface area contributed by atoms with Crippen molar-refractivity contribution in [2.24, 2.45) is 0 Å². The predicted octanol–water partition coefficient (Wildman–Crippen LogP) is 3.17. The van der Waals surface area contributed by atoms with E-state index in [1.807, 2.05) is 66.7 Å². The molecule has 0 atom stereocenters. The Morgan fingerprint density at radius 3 is 2.23 bits per heavy atom. The van der Waals surface area contributed by atoms with Gasteiger partial charge in [-0.3, -0.25) is 9.69 Å². The first kappa shape index (κ1) is 20.5. The van der Waals surface area contributed by atoms with Crippen LogP contribution in [0.25, 0.3) is 10.8 Å². The smallest absolute Gasteiger partial charge is 0.255 e. The standard InChI is InChI=1S/C23H25N3O3S/c1-30(28,29)26-14-12-25(13-15-26)17-18-6-8-20(9-7-18)23(27)24-22-11-10-19-4-2-3-5-21(19)16-22/h2-11,16H,12-15,17H2,1H3,(H,24,27). The van der Waals surface area contributed by atoms with Crippen LogP contribution in [0.3, 0.4) is 0 Å². The molecule has 4 rings (SSSR count). The average Bonchev–Trinajstić information content (AvgIpc) is 2.74. The van der Waals surface area contributed by atoms with Crippen molar-refractivity contribution in [1.29, 1.82) is 0 Å². The van der Waals surface area contributed by atoms with E-state index >= 15 is 0 Å². The number of sulfonamides is 1. The minimum absolute atomic E-state index is 0.140. The van der Waals surface area contributed by atoms with Crippen LogP contribution >= 0.6 is 0 Å². The summed E-state index contributed by atoms with van der Waals surface area (Å²) in [7, 11) is -3.11. The summed E-state index contributed by atoms with van der Waals surface area (Å²) in [5, 5.41) is 5.18. The number of fused-ring (bicyclic) bond motifs is 1. The molecule has 0 bridgehead atoms. The number of anilines is 1. The molecule has 1 heterocycles. The van der Waals surface area contributed by atoms with E-state index in [0.29, 0.717) is 31.7 Å². The molecule has 1 aliphatic rings. The van der Waals surface area contributed by atoms with Crippen LogP contribution in [-0.2, 0) is 16.6 Å². The zero-order valence-corrected chi connectivity index (χ0v) is 17.7. The quantitative estimate of drug-likeness (QED) is 0.684. The maximum Gasteiger partial charge on any atom is 0.255 e. The Morgan fingerprint density at radius 1 is 0.900 bits per heavy atom. The summed E-state index contributed by atoms with van der Waals surface area (Å²) >= 11 is 0. The molecule has 3 aromatic rings. The van der Waals surface area contributed by atoms with Crippen LogP contribution < -0.4 is 5.32 Å². The van der Waals surface area contributed by atoms with Crippen LogP contribution in [-0.4, -0.2) is 56.0 Å². The van der Waals surface area contributed by atoms with Crippen molar-refractivity contribution in [3.05, 3.63) is 77.9 Å². The van der Waals surface area contributed by atoms with Gasteiger partial charge in [0.25, 0.3) is 5.91 Å². The Morgan fingerprint density at radius 2 is 1.57 bits per heavy atom. The SMILES string of the molecule is CS(=O)(=O)N1CCN(Cc2ccc(C(=O)Nc3ccc4ccccc4c3)cc2)CC1. The van der Waals surface area contributed by atoms with Gasteiger partial charge >= 0.3 is 0 Å². The van der Waals surface area contributed by atoms with Crippen LogP contribution in [0.1, 0.15) is 15.9 Å². The molecule has 1 saturated heterocycles. The molecule has 7 heteroatoms. The molecule has 1 aliphatic heterocycles. The Bertz CT molecular complexity index is 1150. The van der Waals surface area contributed by atoms with E-state index in [9.17, 15) is 13.2 Å². The van der Waals surface area contributed by atoms with Crippen molar-refractivity contribution in [2.45, 2.75) is 6.54 Å². The molecule has 0 aromatic heterocycles. The summed E-state index contributed by atoms with van der Waals surface area (Å²) in [6, 6.07) is 21.5. The summed E-state index contributed by atoms with van der Waals surface area (Å²) in [6.45, 7) is 3.19.